The van der Waals surface area contributed by atoms with Gasteiger partial charge in [-0.3, -0.25) is 14.2 Å². The fourth-order valence-corrected chi connectivity index (χ4v) is 2.53. The van der Waals surface area contributed by atoms with Gasteiger partial charge in [0.15, 0.2) is 0 Å². The number of carbonyl (C=O) groups is 1. The summed E-state index contributed by atoms with van der Waals surface area (Å²) in [5.74, 6) is 0.0492. The Kier molecular flexibility index (Phi) is 6.93. The lowest BCUT2D eigenvalue weighted by atomic mass is 9.88. The fraction of sp³-hybridized carbons (Fsp3) is 0.692. The Morgan fingerprint density at radius 1 is 1.45 bits per heavy atom. The van der Waals surface area contributed by atoms with Crippen molar-refractivity contribution >= 4 is 29.7 Å². The minimum atomic E-state index is -0.445. The summed E-state index contributed by atoms with van der Waals surface area (Å²) in [6.07, 6.45) is 0. The van der Waals surface area contributed by atoms with Crippen LogP contribution in [-0.2, 0) is 11.3 Å². The molecule has 3 N–H and O–H groups in total. The summed E-state index contributed by atoms with van der Waals surface area (Å²) in [5, 5.41) is 2.94. The van der Waals surface area contributed by atoms with E-state index in [4.69, 9.17) is 5.73 Å². The molecule has 1 amide bonds. The molecule has 0 fully saturated rings. The number of hydrogen-bond donors (Lipinski definition) is 2. The normalized spacial score (nSPS) is 13.8. The SMILES string of the molecule is Cc1sc(=O)n(CC(=O)NC(C)(CN)C(C)C)c1C.Cl. The van der Waals surface area contributed by atoms with Crippen LogP contribution in [0.3, 0.4) is 0 Å². The summed E-state index contributed by atoms with van der Waals surface area (Å²) < 4.78 is 1.51. The van der Waals surface area contributed by atoms with Crippen molar-refractivity contribution in [3.05, 3.63) is 20.2 Å². The molecule has 0 aliphatic carbocycles. The number of hydrogen-bond acceptors (Lipinski definition) is 4. The van der Waals surface area contributed by atoms with Crippen LogP contribution in [0.1, 0.15) is 31.3 Å². The second-order valence-electron chi connectivity index (χ2n) is 5.42. The molecule has 0 saturated heterocycles. The Labute approximate surface area is 130 Å². The Morgan fingerprint density at radius 3 is 2.35 bits per heavy atom. The monoisotopic (exact) mass is 321 g/mol. The third-order valence-corrected chi connectivity index (χ3v) is 4.80. The largest absolute Gasteiger partial charge is 0.348 e. The molecule has 1 unspecified atom stereocenters. The molecule has 0 aromatic carbocycles. The summed E-state index contributed by atoms with van der Waals surface area (Å²) in [4.78, 5) is 24.7. The first-order chi connectivity index (χ1) is 8.71. The van der Waals surface area contributed by atoms with Gasteiger partial charge in [0.1, 0.15) is 6.54 Å². The Bertz CT molecular complexity index is 524. The van der Waals surface area contributed by atoms with Gasteiger partial charge >= 0.3 is 4.87 Å². The summed E-state index contributed by atoms with van der Waals surface area (Å²) in [6, 6.07) is 0. The van der Waals surface area contributed by atoms with Crippen molar-refractivity contribution < 1.29 is 4.79 Å². The van der Waals surface area contributed by atoms with Gasteiger partial charge in [-0.2, -0.15) is 0 Å². The quantitative estimate of drug-likeness (QED) is 0.861. The number of amides is 1. The van der Waals surface area contributed by atoms with Crippen molar-refractivity contribution in [2.24, 2.45) is 11.7 Å². The van der Waals surface area contributed by atoms with E-state index in [1.807, 2.05) is 34.6 Å². The highest BCUT2D eigenvalue weighted by atomic mass is 35.5. The first-order valence-corrected chi connectivity index (χ1v) is 7.21. The minimum absolute atomic E-state index is 0. The summed E-state index contributed by atoms with van der Waals surface area (Å²) in [7, 11) is 0. The van der Waals surface area contributed by atoms with E-state index in [9.17, 15) is 9.59 Å². The van der Waals surface area contributed by atoms with Gasteiger partial charge in [0.25, 0.3) is 0 Å². The summed E-state index contributed by atoms with van der Waals surface area (Å²) in [6.45, 7) is 10.1. The van der Waals surface area contributed by atoms with Crippen molar-refractivity contribution in [2.75, 3.05) is 6.54 Å². The highest BCUT2D eigenvalue weighted by Gasteiger charge is 2.28. The lowest BCUT2D eigenvalue weighted by Gasteiger charge is -2.33. The fourth-order valence-electron chi connectivity index (χ4n) is 1.70. The van der Waals surface area contributed by atoms with Crippen molar-refractivity contribution in [3.63, 3.8) is 0 Å². The predicted octanol–water partition coefficient (Wildman–Crippen LogP) is 1.44. The van der Waals surface area contributed by atoms with Crippen LogP contribution in [-0.4, -0.2) is 22.6 Å². The molecule has 0 bridgehead atoms. The molecule has 0 aliphatic rings. The lowest BCUT2D eigenvalue weighted by Crippen LogP contribution is -2.55. The first-order valence-electron chi connectivity index (χ1n) is 6.39. The molecule has 7 heteroatoms. The number of nitrogens with zero attached hydrogens (tertiary/aromatic N) is 1. The van der Waals surface area contributed by atoms with Gasteiger partial charge in [-0.15, -0.1) is 12.4 Å². The van der Waals surface area contributed by atoms with Gasteiger partial charge in [0, 0.05) is 17.1 Å². The van der Waals surface area contributed by atoms with Crippen LogP contribution in [0, 0.1) is 19.8 Å². The number of carbonyl (C=O) groups excluding carboxylic acids is 1. The molecule has 1 aromatic rings. The third kappa shape index (κ3) is 4.07. The van der Waals surface area contributed by atoms with E-state index in [0.717, 1.165) is 10.6 Å². The number of rotatable bonds is 5. The highest BCUT2D eigenvalue weighted by Crippen LogP contribution is 2.15. The third-order valence-electron chi connectivity index (χ3n) is 3.80. The number of aryl methyl sites for hydroxylation is 1. The molecule has 1 atom stereocenters. The highest BCUT2D eigenvalue weighted by molar-refractivity contribution is 7.09. The number of aromatic nitrogens is 1. The van der Waals surface area contributed by atoms with E-state index in [0.29, 0.717) is 6.54 Å². The van der Waals surface area contributed by atoms with E-state index < -0.39 is 5.54 Å². The van der Waals surface area contributed by atoms with E-state index >= 15 is 0 Å². The molecule has 0 radical (unpaired) electrons. The first kappa shape index (κ1) is 19.1. The molecule has 1 rings (SSSR count). The molecule has 116 valence electrons. The Hall–Kier alpha value is -0.850. The molecule has 1 heterocycles. The summed E-state index contributed by atoms with van der Waals surface area (Å²) in [5.41, 5.74) is 6.14. The van der Waals surface area contributed by atoms with Crippen molar-refractivity contribution in [1.29, 1.82) is 0 Å². The molecular formula is C13H24ClN3O2S. The smallest absolute Gasteiger partial charge is 0.308 e. The van der Waals surface area contributed by atoms with Crippen molar-refractivity contribution in [3.8, 4) is 0 Å². The molecular weight excluding hydrogens is 298 g/mol. The van der Waals surface area contributed by atoms with Crippen molar-refractivity contribution in [1.82, 2.24) is 9.88 Å². The number of thiazole rings is 1. The van der Waals surface area contributed by atoms with Crippen LogP contribution in [0.5, 0.6) is 0 Å². The topological polar surface area (TPSA) is 77.1 Å². The van der Waals surface area contributed by atoms with Gasteiger partial charge in [0.2, 0.25) is 5.91 Å². The standard InChI is InChI=1S/C13H23N3O2S.ClH/c1-8(2)13(5,7-14)15-11(17)6-16-9(3)10(4)19-12(16)18;/h8H,6-7,14H2,1-5H3,(H,15,17);1H. The average Bonchev–Trinajstić information content (AvgIpc) is 2.55. The van der Waals surface area contributed by atoms with E-state index in [1.54, 1.807) is 0 Å². The molecule has 0 spiro atoms. The number of halogens is 1. The maximum Gasteiger partial charge on any atom is 0.308 e. The second kappa shape index (κ2) is 7.24. The molecule has 0 aliphatic heterocycles. The van der Waals surface area contributed by atoms with Crippen LogP contribution in [0.2, 0.25) is 0 Å². The van der Waals surface area contributed by atoms with Gasteiger partial charge in [0.05, 0.1) is 5.54 Å². The molecule has 1 aromatic heterocycles. The van der Waals surface area contributed by atoms with Crippen LogP contribution in [0.4, 0.5) is 0 Å². The maximum absolute atomic E-state index is 12.1. The Morgan fingerprint density at radius 2 is 2.00 bits per heavy atom. The van der Waals surface area contributed by atoms with E-state index in [2.05, 4.69) is 5.32 Å². The summed E-state index contributed by atoms with van der Waals surface area (Å²) >= 11 is 1.17. The van der Waals surface area contributed by atoms with Gasteiger partial charge in [-0.05, 0) is 26.7 Å². The van der Waals surface area contributed by atoms with E-state index in [-0.39, 0.29) is 35.6 Å². The average molecular weight is 322 g/mol. The van der Waals surface area contributed by atoms with Gasteiger partial charge < -0.3 is 11.1 Å². The lowest BCUT2D eigenvalue weighted by molar-refractivity contribution is -0.123. The van der Waals surface area contributed by atoms with Crippen molar-refractivity contribution in [2.45, 2.75) is 46.7 Å². The minimum Gasteiger partial charge on any atom is -0.348 e. The zero-order valence-corrected chi connectivity index (χ0v) is 14.3. The molecule has 5 nitrogen and oxygen atoms in total. The Balaban J connectivity index is 0.00000361. The van der Waals surface area contributed by atoms with Crippen LogP contribution in [0.25, 0.3) is 0 Å². The molecule has 20 heavy (non-hydrogen) atoms. The van der Waals surface area contributed by atoms with Crippen LogP contribution >= 0.6 is 23.7 Å². The van der Waals surface area contributed by atoms with Crippen LogP contribution < -0.4 is 15.9 Å². The van der Waals surface area contributed by atoms with E-state index in [1.165, 1.54) is 15.9 Å². The second-order valence-corrected chi connectivity index (χ2v) is 6.59. The maximum atomic E-state index is 12.1. The number of nitrogens with one attached hydrogen (secondary N) is 1. The predicted molar refractivity (Wildman–Crippen MR) is 85.7 cm³/mol. The van der Waals surface area contributed by atoms with Gasteiger partial charge in [-0.1, -0.05) is 25.2 Å². The zero-order valence-electron chi connectivity index (χ0n) is 12.6. The zero-order chi connectivity index (χ0) is 14.8. The molecule has 0 saturated carbocycles. The van der Waals surface area contributed by atoms with Crippen LogP contribution in [0.15, 0.2) is 4.79 Å². The number of nitrogens with two attached hydrogens (primary N) is 1. The van der Waals surface area contributed by atoms with Gasteiger partial charge in [-0.25, -0.2) is 0 Å².